The number of nitrogens with one attached hydrogen (secondary N) is 2. The highest BCUT2D eigenvalue weighted by molar-refractivity contribution is 5.93. The van der Waals surface area contributed by atoms with Crippen molar-refractivity contribution in [1.82, 2.24) is 5.32 Å². The molecule has 2 fully saturated rings. The molecule has 2 aliphatic rings. The maximum atomic E-state index is 12.9. The zero-order chi connectivity index (χ0) is 18.5. The summed E-state index contributed by atoms with van der Waals surface area (Å²) in [6, 6.07) is 17.9. The molecule has 2 heterocycles. The molecule has 1 amide bonds. The highest BCUT2D eigenvalue weighted by Crippen LogP contribution is 2.29. The van der Waals surface area contributed by atoms with Crippen LogP contribution in [-0.2, 0) is 9.53 Å². The first-order chi connectivity index (χ1) is 13.3. The summed E-state index contributed by atoms with van der Waals surface area (Å²) in [4.78, 5) is 12.9. The molecule has 0 saturated carbocycles. The first-order valence-electron chi connectivity index (χ1n) is 9.70. The lowest BCUT2D eigenvalue weighted by atomic mass is 9.88. The average Bonchev–Trinajstić information content (AvgIpc) is 3.20. The Kier molecular flexibility index (Phi) is 7.31. The number of hydrogen-bond donors (Lipinski definition) is 2. The molecule has 4 rings (SSSR count). The van der Waals surface area contributed by atoms with E-state index in [1.54, 1.807) is 0 Å². The molecule has 150 valence electrons. The van der Waals surface area contributed by atoms with Crippen LogP contribution in [-0.4, -0.2) is 38.3 Å². The minimum atomic E-state index is -0.0764. The topological polar surface area (TPSA) is 59.6 Å². The Morgan fingerprint density at radius 2 is 1.82 bits per heavy atom. The number of amides is 1. The fourth-order valence-corrected chi connectivity index (χ4v) is 3.87. The van der Waals surface area contributed by atoms with Crippen molar-refractivity contribution in [2.24, 2.45) is 5.92 Å². The predicted molar refractivity (Wildman–Crippen MR) is 112 cm³/mol. The fraction of sp³-hybridized carbons (Fsp3) is 0.409. The van der Waals surface area contributed by atoms with E-state index in [2.05, 4.69) is 22.8 Å². The number of ether oxygens (including phenoxy) is 2. The van der Waals surface area contributed by atoms with Gasteiger partial charge in [0, 0.05) is 43.6 Å². The highest BCUT2D eigenvalue weighted by atomic mass is 35.5. The molecular formula is C22H27ClN2O3. The van der Waals surface area contributed by atoms with Gasteiger partial charge in [-0.25, -0.2) is 0 Å². The number of carbonyl (C=O) groups excluding carboxylic acids is 1. The van der Waals surface area contributed by atoms with Gasteiger partial charge in [0.2, 0.25) is 5.91 Å². The van der Waals surface area contributed by atoms with Crippen molar-refractivity contribution in [3.8, 4) is 5.75 Å². The van der Waals surface area contributed by atoms with Gasteiger partial charge in [-0.1, -0.05) is 36.4 Å². The molecule has 2 saturated heterocycles. The van der Waals surface area contributed by atoms with Crippen LogP contribution in [0.3, 0.4) is 0 Å². The smallest absolute Gasteiger partial charge is 0.229 e. The molecule has 0 radical (unpaired) electrons. The maximum Gasteiger partial charge on any atom is 0.229 e. The van der Waals surface area contributed by atoms with E-state index >= 15 is 0 Å². The zero-order valence-corrected chi connectivity index (χ0v) is 16.6. The van der Waals surface area contributed by atoms with Crippen LogP contribution >= 0.6 is 12.4 Å². The number of halogens is 1. The highest BCUT2D eigenvalue weighted by Gasteiger charge is 2.33. The van der Waals surface area contributed by atoms with Gasteiger partial charge in [-0.05, 0) is 17.7 Å². The number of benzene rings is 2. The second-order valence-electron chi connectivity index (χ2n) is 7.23. The Labute approximate surface area is 172 Å². The molecule has 2 aliphatic heterocycles. The molecular weight excluding hydrogens is 376 g/mol. The summed E-state index contributed by atoms with van der Waals surface area (Å²) in [5.74, 6) is 0.973. The Bertz CT molecular complexity index is 765. The lowest BCUT2D eigenvalue weighted by Crippen LogP contribution is -2.28. The summed E-state index contributed by atoms with van der Waals surface area (Å²) >= 11 is 0. The van der Waals surface area contributed by atoms with Crippen LogP contribution in [0.25, 0.3) is 0 Å². The number of hydrogen-bond acceptors (Lipinski definition) is 4. The van der Waals surface area contributed by atoms with Gasteiger partial charge < -0.3 is 20.1 Å². The van der Waals surface area contributed by atoms with Crippen LogP contribution in [0.2, 0.25) is 0 Å². The maximum absolute atomic E-state index is 12.9. The van der Waals surface area contributed by atoms with Crippen molar-refractivity contribution < 1.29 is 14.3 Å². The molecule has 5 nitrogen and oxygen atoms in total. The summed E-state index contributed by atoms with van der Waals surface area (Å²) in [6.07, 6.45) is 2.00. The normalized spacial score (nSPS) is 22.3. The van der Waals surface area contributed by atoms with E-state index in [-0.39, 0.29) is 36.3 Å². The molecule has 0 spiro atoms. The van der Waals surface area contributed by atoms with Crippen LogP contribution in [0.1, 0.15) is 24.3 Å². The van der Waals surface area contributed by atoms with Crippen LogP contribution in [0, 0.1) is 5.92 Å². The van der Waals surface area contributed by atoms with E-state index in [0.717, 1.165) is 44.0 Å². The standard InChI is InChI=1S/C22H26N2O3.ClH/c25-22(21-15-23-14-20(21)16-5-2-1-3-6-16)24-17-7-4-8-19(13-17)27-18-9-11-26-12-10-18;/h1-8,13,18,20-21,23H,9-12,14-15H2,(H,24,25);1H. The molecule has 2 atom stereocenters. The average molecular weight is 403 g/mol. The van der Waals surface area contributed by atoms with Crippen molar-refractivity contribution >= 4 is 24.0 Å². The minimum Gasteiger partial charge on any atom is -0.490 e. The van der Waals surface area contributed by atoms with E-state index in [0.29, 0.717) is 6.54 Å². The zero-order valence-electron chi connectivity index (χ0n) is 15.8. The number of rotatable bonds is 5. The van der Waals surface area contributed by atoms with Gasteiger partial charge in [0.15, 0.2) is 0 Å². The minimum absolute atomic E-state index is 0. The van der Waals surface area contributed by atoms with Gasteiger partial charge in [-0.3, -0.25) is 4.79 Å². The van der Waals surface area contributed by atoms with Gasteiger partial charge in [-0.15, -0.1) is 12.4 Å². The molecule has 28 heavy (non-hydrogen) atoms. The summed E-state index contributed by atoms with van der Waals surface area (Å²) in [5, 5.41) is 6.43. The first-order valence-corrected chi connectivity index (χ1v) is 9.70. The lowest BCUT2D eigenvalue weighted by Gasteiger charge is -2.23. The van der Waals surface area contributed by atoms with Crippen molar-refractivity contribution in [2.75, 3.05) is 31.6 Å². The van der Waals surface area contributed by atoms with E-state index in [1.807, 2.05) is 42.5 Å². The fourth-order valence-electron chi connectivity index (χ4n) is 3.87. The Hall–Kier alpha value is -2.08. The molecule has 0 aliphatic carbocycles. The van der Waals surface area contributed by atoms with Crippen molar-refractivity contribution in [2.45, 2.75) is 24.9 Å². The SMILES string of the molecule is Cl.O=C(Nc1cccc(OC2CCOCC2)c1)C1CNCC1c1ccccc1. The molecule has 2 aromatic carbocycles. The Balaban J connectivity index is 0.00000225. The molecule has 2 aromatic rings. The van der Waals surface area contributed by atoms with Gasteiger partial charge in [0.05, 0.1) is 19.1 Å². The van der Waals surface area contributed by atoms with Crippen LogP contribution in [0.15, 0.2) is 54.6 Å². The summed E-state index contributed by atoms with van der Waals surface area (Å²) in [5.41, 5.74) is 1.99. The van der Waals surface area contributed by atoms with Crippen LogP contribution in [0.5, 0.6) is 5.75 Å². The quantitative estimate of drug-likeness (QED) is 0.802. The number of carbonyl (C=O) groups is 1. The largest absolute Gasteiger partial charge is 0.490 e. The summed E-state index contributed by atoms with van der Waals surface area (Å²) in [7, 11) is 0. The summed E-state index contributed by atoms with van der Waals surface area (Å²) in [6.45, 7) is 3.02. The third-order valence-electron chi connectivity index (χ3n) is 5.35. The van der Waals surface area contributed by atoms with Crippen molar-refractivity contribution in [3.05, 3.63) is 60.2 Å². The van der Waals surface area contributed by atoms with Gasteiger partial charge in [-0.2, -0.15) is 0 Å². The second-order valence-corrected chi connectivity index (χ2v) is 7.23. The molecule has 0 aromatic heterocycles. The van der Waals surface area contributed by atoms with Crippen LogP contribution in [0.4, 0.5) is 5.69 Å². The predicted octanol–water partition coefficient (Wildman–Crippen LogP) is 3.61. The third-order valence-corrected chi connectivity index (χ3v) is 5.35. The van der Waals surface area contributed by atoms with Crippen molar-refractivity contribution in [3.63, 3.8) is 0 Å². The van der Waals surface area contributed by atoms with E-state index in [9.17, 15) is 4.79 Å². The Morgan fingerprint density at radius 3 is 2.61 bits per heavy atom. The second kappa shape index (κ2) is 9.92. The van der Waals surface area contributed by atoms with Gasteiger partial charge in [0.1, 0.15) is 11.9 Å². The monoisotopic (exact) mass is 402 g/mol. The molecule has 2 N–H and O–H groups in total. The number of anilines is 1. The molecule has 2 unspecified atom stereocenters. The third kappa shape index (κ3) is 5.04. The van der Waals surface area contributed by atoms with E-state index < -0.39 is 0 Å². The summed E-state index contributed by atoms with van der Waals surface area (Å²) < 4.78 is 11.4. The molecule has 0 bridgehead atoms. The van der Waals surface area contributed by atoms with Crippen molar-refractivity contribution in [1.29, 1.82) is 0 Å². The van der Waals surface area contributed by atoms with E-state index in [4.69, 9.17) is 9.47 Å². The Morgan fingerprint density at radius 1 is 1.04 bits per heavy atom. The first kappa shape index (κ1) is 20.6. The lowest BCUT2D eigenvalue weighted by molar-refractivity contribution is -0.119. The van der Waals surface area contributed by atoms with Gasteiger partial charge in [0.25, 0.3) is 0 Å². The van der Waals surface area contributed by atoms with E-state index in [1.165, 1.54) is 5.56 Å². The molecule has 6 heteroatoms. The van der Waals surface area contributed by atoms with Gasteiger partial charge >= 0.3 is 0 Å². The van der Waals surface area contributed by atoms with Crippen LogP contribution < -0.4 is 15.4 Å².